The molecular weight excluding hydrogens is 937 g/mol. The molecule has 6 fully saturated rings. The minimum atomic E-state index is -0.825. The zero-order valence-electron chi connectivity index (χ0n) is 48.0. The van der Waals surface area contributed by atoms with Gasteiger partial charge in [-0.2, -0.15) is 0 Å². The van der Waals surface area contributed by atoms with Gasteiger partial charge in [-0.05, 0) is 165 Å². The number of aliphatic hydroxyl groups excluding tert-OH is 1. The van der Waals surface area contributed by atoms with Gasteiger partial charge in [0.2, 0.25) is 11.4 Å². The van der Waals surface area contributed by atoms with Crippen LogP contribution >= 0.6 is 0 Å². The number of aliphatic carboxylic acids is 1. The molecule has 0 aliphatic heterocycles. The van der Waals surface area contributed by atoms with E-state index in [-0.39, 0.29) is 115 Å². The SMILES string of the molecule is [C-]#[N+]C1=C[C@]2(C)C3=CC(=O)[C@@H]4[C@@H]5CC(C)(C)CC[C@]5(C(=O)CCCO)CC[C@@]4(C)[C@]3(C)CC[C@H]2C(C)(C)C1=O.[C-]#[N+]C1=C[C@]2(C)C3=CC(=O)[C@@H]4[C@@H]5CC(C)(C)CC[C@]5(C(=O)O)CC[C@@]4(C)[C@]3(C)CC[C@H]2C(C)(C)C1=O. The number of allylic oxidation sites excluding steroid dienone is 8. The van der Waals surface area contributed by atoms with Crippen molar-refractivity contribution in [3.63, 3.8) is 0 Å². The molecule has 10 heteroatoms. The number of ketones is 5. The number of nitrogens with zero attached hydrogens (tertiary/aromatic N) is 2. The van der Waals surface area contributed by atoms with Crippen LogP contribution in [0.2, 0.25) is 0 Å². The molecule has 6 saturated carbocycles. The van der Waals surface area contributed by atoms with Gasteiger partial charge in [0.25, 0.3) is 0 Å². The normalized spacial score (nSPS) is 45.3. The molecule has 0 unspecified atom stereocenters. The third-order valence-electron chi connectivity index (χ3n) is 25.2. The predicted octanol–water partition coefficient (Wildman–Crippen LogP) is 13.5. The summed E-state index contributed by atoms with van der Waals surface area (Å²) in [5.41, 5.74) is -2.34. The smallest absolute Gasteiger partial charge is 0.309 e. The molecule has 10 rings (SSSR count). The van der Waals surface area contributed by atoms with Crippen molar-refractivity contribution in [2.24, 2.45) is 100 Å². The van der Waals surface area contributed by atoms with Crippen LogP contribution in [0, 0.1) is 114 Å². The molecule has 0 amide bonds. The van der Waals surface area contributed by atoms with E-state index >= 15 is 0 Å². The summed E-state index contributed by atoms with van der Waals surface area (Å²) in [7, 11) is 0. The van der Waals surface area contributed by atoms with Crippen LogP contribution in [0.3, 0.4) is 0 Å². The predicted molar refractivity (Wildman–Crippen MR) is 289 cm³/mol. The number of hydrogen-bond acceptors (Lipinski definition) is 7. The molecule has 0 spiro atoms. The van der Waals surface area contributed by atoms with Crippen molar-refractivity contribution in [3.8, 4) is 0 Å². The Morgan fingerprint density at radius 2 is 0.933 bits per heavy atom. The molecule has 0 heterocycles. The summed E-state index contributed by atoms with van der Waals surface area (Å²) in [4.78, 5) is 89.1. The Morgan fingerprint density at radius 1 is 0.560 bits per heavy atom. The van der Waals surface area contributed by atoms with Gasteiger partial charge in [0.05, 0.1) is 18.6 Å². The lowest BCUT2D eigenvalue weighted by molar-refractivity contribution is -0.188. The van der Waals surface area contributed by atoms with Gasteiger partial charge in [0.15, 0.2) is 23.1 Å². The molecule has 406 valence electrons. The van der Waals surface area contributed by atoms with Crippen molar-refractivity contribution in [3.05, 3.63) is 69.7 Å². The van der Waals surface area contributed by atoms with Gasteiger partial charge in [-0.25, -0.2) is 9.69 Å². The lowest BCUT2D eigenvalue weighted by Crippen LogP contribution is -2.65. The third-order valence-corrected chi connectivity index (χ3v) is 25.2. The van der Waals surface area contributed by atoms with Gasteiger partial charge in [-0.1, -0.05) is 120 Å². The van der Waals surface area contributed by atoms with Gasteiger partial charge in [0.1, 0.15) is 5.78 Å². The summed E-state index contributed by atoms with van der Waals surface area (Å²) in [5, 5.41) is 20.0. The number of carboxylic acids is 1. The van der Waals surface area contributed by atoms with Crippen LogP contribution in [-0.4, -0.2) is 51.7 Å². The summed E-state index contributed by atoms with van der Waals surface area (Å²) in [6, 6.07) is 0. The molecule has 0 aromatic rings. The molecule has 10 aliphatic rings. The van der Waals surface area contributed by atoms with Crippen molar-refractivity contribution in [1.29, 1.82) is 0 Å². The summed E-state index contributed by atoms with van der Waals surface area (Å²) >= 11 is 0. The van der Waals surface area contributed by atoms with Gasteiger partial charge >= 0.3 is 5.97 Å². The van der Waals surface area contributed by atoms with E-state index in [1.54, 1.807) is 0 Å². The Kier molecular flexibility index (Phi) is 12.7. The highest BCUT2D eigenvalue weighted by molar-refractivity contribution is 6.04. The summed E-state index contributed by atoms with van der Waals surface area (Å²) in [5.74, 6) is -1.12. The number of aliphatic hydroxyl groups is 1. The molecule has 10 aliphatic carbocycles. The van der Waals surface area contributed by atoms with Crippen LogP contribution in [0.25, 0.3) is 9.69 Å². The number of hydrogen-bond donors (Lipinski definition) is 2. The van der Waals surface area contributed by atoms with Crippen LogP contribution in [0.1, 0.15) is 200 Å². The monoisotopic (exact) mass is 1020 g/mol. The highest BCUT2D eigenvalue weighted by Gasteiger charge is 2.73. The van der Waals surface area contributed by atoms with Crippen molar-refractivity contribution in [2.45, 2.75) is 200 Å². The first-order chi connectivity index (χ1) is 34.5. The van der Waals surface area contributed by atoms with Crippen molar-refractivity contribution < 1.29 is 39.0 Å². The number of rotatable bonds is 5. The topological polar surface area (TPSA) is 152 Å². The fourth-order valence-corrected chi connectivity index (χ4v) is 20.5. The van der Waals surface area contributed by atoms with Gasteiger partial charge in [0, 0.05) is 51.9 Å². The van der Waals surface area contributed by atoms with Crippen molar-refractivity contribution in [1.82, 2.24) is 0 Å². The average Bonchev–Trinajstić information content (AvgIpc) is 3.32. The highest BCUT2D eigenvalue weighted by Crippen LogP contribution is 2.77. The molecule has 0 bridgehead atoms. The number of carbonyl (C=O) groups is 6. The van der Waals surface area contributed by atoms with E-state index in [1.165, 1.54) is 0 Å². The maximum absolute atomic E-state index is 14.5. The first kappa shape index (κ1) is 55.5. The first-order valence-corrected chi connectivity index (χ1v) is 28.8. The number of carboxylic acid groups (broad SMARTS) is 1. The molecule has 0 aromatic heterocycles. The van der Waals surface area contributed by atoms with E-state index in [9.17, 15) is 39.0 Å². The Bertz CT molecular complexity index is 2790. The second-order valence-corrected chi connectivity index (χ2v) is 30.3. The van der Waals surface area contributed by atoms with E-state index in [1.807, 2.05) is 52.0 Å². The van der Waals surface area contributed by atoms with E-state index in [2.05, 4.69) is 78.9 Å². The third kappa shape index (κ3) is 7.27. The zero-order valence-corrected chi connectivity index (χ0v) is 48.0. The fraction of sp³-hybridized carbons (Fsp3) is 0.754. The number of fused-ring (bicyclic) bond motifs is 14. The van der Waals surface area contributed by atoms with Crippen molar-refractivity contribution >= 4 is 34.9 Å². The van der Waals surface area contributed by atoms with Crippen LogP contribution in [0.5, 0.6) is 0 Å². The van der Waals surface area contributed by atoms with Crippen LogP contribution in [-0.2, 0) is 28.8 Å². The standard InChI is InChI=1S/C34H47NO4.C31H41NO4/c1-29(2)13-15-34(26(38)10-9-17-36)16-14-33(7)27(21(34)19-29)23(37)18-25-31(5)20-22(35-8)28(39)30(3,4)24(31)11-12-32(25,33)6;1-26(2)11-13-31(25(35)36)14-12-30(7)23(18(31)16-26)20(33)15-22-28(5)17-19(32-8)24(34)27(3,4)21(28)9-10-29(22,30)6/h18,20-21,24,27,36H,9-17,19H2,1-7H3;15,17-18,21,23H,9-14,16H2,1-7H3,(H,35,36)/t21-,24-,27-,31-,32+,33+,34-;18-,21-,23-,28-,29+,30+,31-/m00/s1. The van der Waals surface area contributed by atoms with E-state index in [0.717, 1.165) is 81.8 Å². The van der Waals surface area contributed by atoms with E-state index < -0.39 is 38.5 Å². The summed E-state index contributed by atoms with van der Waals surface area (Å²) in [6.45, 7) is 45.8. The van der Waals surface area contributed by atoms with Crippen LogP contribution in [0.4, 0.5) is 0 Å². The Balaban J connectivity index is 0.000000184. The summed E-state index contributed by atoms with van der Waals surface area (Å²) < 4.78 is 0. The van der Waals surface area contributed by atoms with E-state index in [0.29, 0.717) is 32.1 Å². The molecule has 14 atom stereocenters. The lowest BCUT2D eigenvalue weighted by atomic mass is 9.34. The second-order valence-electron chi connectivity index (χ2n) is 30.3. The molecule has 0 radical (unpaired) electrons. The van der Waals surface area contributed by atoms with Gasteiger partial charge in [-0.15, -0.1) is 0 Å². The molecule has 2 N–H and O–H groups in total. The number of carbonyl (C=O) groups excluding carboxylic acids is 5. The van der Waals surface area contributed by atoms with E-state index in [4.69, 9.17) is 13.1 Å². The maximum Gasteiger partial charge on any atom is 0.309 e. The second kappa shape index (κ2) is 17.1. The quantitative estimate of drug-likeness (QED) is 0.258. The minimum Gasteiger partial charge on any atom is -0.481 e. The molecular formula is C65H88N2O8. The molecule has 0 aromatic carbocycles. The fourth-order valence-electron chi connectivity index (χ4n) is 20.5. The van der Waals surface area contributed by atoms with Gasteiger partial charge < -0.3 is 19.8 Å². The first-order valence-electron chi connectivity index (χ1n) is 28.8. The summed E-state index contributed by atoms with van der Waals surface area (Å²) in [6.07, 6.45) is 19.8. The minimum absolute atomic E-state index is 0.00225. The molecule has 75 heavy (non-hydrogen) atoms. The van der Waals surface area contributed by atoms with Crippen LogP contribution in [0.15, 0.2) is 46.8 Å². The Morgan fingerprint density at radius 3 is 1.32 bits per heavy atom. The molecule has 0 saturated heterocycles. The average molecular weight is 1030 g/mol. The maximum atomic E-state index is 14.5. The van der Waals surface area contributed by atoms with Gasteiger partial charge in [-0.3, -0.25) is 19.2 Å². The highest BCUT2D eigenvalue weighted by atomic mass is 16.4. The lowest BCUT2D eigenvalue weighted by Gasteiger charge is -2.69. The Labute approximate surface area is 448 Å². The zero-order chi connectivity index (χ0) is 55.5. The largest absolute Gasteiger partial charge is 0.481 e. The number of Topliss-reactive ketones (excluding diaryl/α,β-unsaturated/α-hetero) is 3. The Hall–Kier alpha value is -4.28. The van der Waals surface area contributed by atoms with Crippen LogP contribution < -0.4 is 0 Å². The van der Waals surface area contributed by atoms with Crippen molar-refractivity contribution in [2.75, 3.05) is 6.61 Å². The molecule has 10 nitrogen and oxygen atoms in total.